The molecule has 116 valence electrons. The van der Waals surface area contributed by atoms with Gasteiger partial charge >= 0.3 is 0 Å². The van der Waals surface area contributed by atoms with Gasteiger partial charge in [-0.15, -0.1) is 0 Å². The molecule has 0 fully saturated rings. The van der Waals surface area contributed by atoms with E-state index in [1.54, 1.807) is 6.92 Å². The summed E-state index contributed by atoms with van der Waals surface area (Å²) in [5.74, 6) is 1.30. The molecule has 2 aromatic rings. The standard InChI is InChI=1S/C20H24O2/c1-14(2)10-18-12-19(16(4)21)20(11-15(18)3)22-13-17-8-6-5-7-9-17/h5-9,11-12,14H,10,13H2,1-4H3. The molecular formula is C20H24O2. The van der Waals surface area contributed by atoms with E-state index in [1.807, 2.05) is 42.5 Å². The number of rotatable bonds is 6. The van der Waals surface area contributed by atoms with E-state index in [4.69, 9.17) is 4.74 Å². The number of ether oxygens (including phenoxy) is 1. The van der Waals surface area contributed by atoms with E-state index in [2.05, 4.69) is 20.8 Å². The first-order chi connectivity index (χ1) is 10.5. The second-order valence-electron chi connectivity index (χ2n) is 6.20. The van der Waals surface area contributed by atoms with E-state index >= 15 is 0 Å². The Labute approximate surface area is 133 Å². The molecule has 0 saturated carbocycles. The summed E-state index contributed by atoms with van der Waals surface area (Å²) in [5, 5.41) is 0. The molecule has 0 aromatic heterocycles. The molecule has 0 amide bonds. The molecule has 0 aliphatic heterocycles. The molecule has 2 aromatic carbocycles. The van der Waals surface area contributed by atoms with Crippen molar-refractivity contribution >= 4 is 5.78 Å². The molecule has 0 radical (unpaired) electrons. The minimum Gasteiger partial charge on any atom is -0.488 e. The summed E-state index contributed by atoms with van der Waals surface area (Å²) < 4.78 is 5.90. The molecule has 0 atom stereocenters. The number of Topliss-reactive ketones (excluding diaryl/α,β-unsaturated/α-hetero) is 1. The highest BCUT2D eigenvalue weighted by Gasteiger charge is 2.13. The third-order valence-electron chi connectivity index (χ3n) is 3.68. The van der Waals surface area contributed by atoms with Gasteiger partial charge in [-0.25, -0.2) is 0 Å². The fourth-order valence-electron chi connectivity index (χ4n) is 2.52. The number of hydrogen-bond acceptors (Lipinski definition) is 2. The lowest BCUT2D eigenvalue weighted by Crippen LogP contribution is -2.05. The Kier molecular flexibility index (Phi) is 5.37. The van der Waals surface area contributed by atoms with Crippen molar-refractivity contribution in [2.45, 2.75) is 40.7 Å². The first-order valence-corrected chi connectivity index (χ1v) is 7.78. The molecule has 0 aliphatic carbocycles. The lowest BCUT2D eigenvalue weighted by Gasteiger charge is -2.15. The zero-order valence-electron chi connectivity index (χ0n) is 13.8. The van der Waals surface area contributed by atoms with Crippen LogP contribution in [0.25, 0.3) is 0 Å². The average molecular weight is 296 g/mol. The summed E-state index contributed by atoms with van der Waals surface area (Å²) in [6.45, 7) is 8.53. The van der Waals surface area contributed by atoms with Crippen LogP contribution in [-0.4, -0.2) is 5.78 Å². The van der Waals surface area contributed by atoms with E-state index in [0.717, 1.165) is 12.0 Å². The van der Waals surface area contributed by atoms with Crippen LogP contribution >= 0.6 is 0 Å². The second kappa shape index (κ2) is 7.26. The van der Waals surface area contributed by atoms with Crippen molar-refractivity contribution < 1.29 is 9.53 Å². The van der Waals surface area contributed by atoms with Crippen LogP contribution in [0.3, 0.4) is 0 Å². The first-order valence-electron chi connectivity index (χ1n) is 7.78. The Bertz CT molecular complexity index is 642. The van der Waals surface area contributed by atoms with Crippen molar-refractivity contribution in [2.75, 3.05) is 0 Å². The Morgan fingerprint density at radius 1 is 1.14 bits per heavy atom. The summed E-state index contributed by atoms with van der Waals surface area (Å²) in [5.41, 5.74) is 4.19. The summed E-state index contributed by atoms with van der Waals surface area (Å²) in [7, 11) is 0. The highest BCUT2D eigenvalue weighted by atomic mass is 16.5. The van der Waals surface area contributed by atoms with Crippen LogP contribution in [-0.2, 0) is 13.0 Å². The van der Waals surface area contributed by atoms with Crippen LogP contribution in [0.2, 0.25) is 0 Å². The van der Waals surface area contributed by atoms with Gasteiger partial charge in [-0.3, -0.25) is 4.79 Å². The second-order valence-corrected chi connectivity index (χ2v) is 6.20. The fraction of sp³-hybridized carbons (Fsp3) is 0.350. The van der Waals surface area contributed by atoms with Gasteiger partial charge in [0, 0.05) is 0 Å². The minimum absolute atomic E-state index is 0.0491. The molecule has 0 N–H and O–H groups in total. The van der Waals surface area contributed by atoms with Crippen LogP contribution in [0.15, 0.2) is 42.5 Å². The molecule has 0 heterocycles. The number of carbonyl (C=O) groups excluding carboxylic acids is 1. The SMILES string of the molecule is CC(=O)c1cc(CC(C)C)c(C)cc1OCc1ccccc1. The molecule has 2 heteroatoms. The van der Waals surface area contributed by atoms with E-state index in [1.165, 1.54) is 11.1 Å². The summed E-state index contributed by atoms with van der Waals surface area (Å²) >= 11 is 0. The number of ketones is 1. The lowest BCUT2D eigenvalue weighted by atomic mass is 9.95. The predicted molar refractivity (Wildman–Crippen MR) is 90.5 cm³/mol. The summed E-state index contributed by atoms with van der Waals surface area (Å²) in [6.07, 6.45) is 0.977. The number of aryl methyl sites for hydroxylation is 1. The number of carbonyl (C=O) groups is 1. The Hall–Kier alpha value is -2.09. The van der Waals surface area contributed by atoms with Crippen LogP contribution in [0, 0.1) is 12.8 Å². The maximum absolute atomic E-state index is 11.9. The van der Waals surface area contributed by atoms with Crippen molar-refractivity contribution in [2.24, 2.45) is 5.92 Å². The van der Waals surface area contributed by atoms with Gasteiger partial charge in [-0.05, 0) is 55.0 Å². The highest BCUT2D eigenvalue weighted by molar-refractivity contribution is 5.97. The van der Waals surface area contributed by atoms with Crippen molar-refractivity contribution in [1.29, 1.82) is 0 Å². The Balaban J connectivity index is 2.26. The fourth-order valence-corrected chi connectivity index (χ4v) is 2.52. The molecule has 0 unspecified atom stereocenters. The van der Waals surface area contributed by atoms with Gasteiger partial charge in [0.2, 0.25) is 0 Å². The first kappa shape index (κ1) is 16.3. The lowest BCUT2D eigenvalue weighted by molar-refractivity contribution is 0.101. The Morgan fingerprint density at radius 2 is 1.82 bits per heavy atom. The molecule has 22 heavy (non-hydrogen) atoms. The minimum atomic E-state index is 0.0491. The van der Waals surface area contributed by atoms with E-state index in [9.17, 15) is 4.79 Å². The zero-order chi connectivity index (χ0) is 16.1. The third-order valence-corrected chi connectivity index (χ3v) is 3.68. The summed E-state index contributed by atoms with van der Waals surface area (Å²) in [4.78, 5) is 11.9. The molecule has 0 saturated heterocycles. The summed E-state index contributed by atoms with van der Waals surface area (Å²) in [6, 6.07) is 14.0. The van der Waals surface area contributed by atoms with Gasteiger partial charge < -0.3 is 4.74 Å². The normalized spacial score (nSPS) is 10.8. The molecule has 2 nitrogen and oxygen atoms in total. The van der Waals surface area contributed by atoms with Crippen molar-refractivity contribution in [3.63, 3.8) is 0 Å². The van der Waals surface area contributed by atoms with Gasteiger partial charge in [0.05, 0.1) is 5.56 Å². The quantitative estimate of drug-likeness (QED) is 0.703. The van der Waals surface area contributed by atoms with Gasteiger partial charge in [0.1, 0.15) is 12.4 Å². The maximum atomic E-state index is 11.9. The molecular weight excluding hydrogens is 272 g/mol. The third kappa shape index (κ3) is 4.20. The van der Waals surface area contributed by atoms with Crippen LogP contribution in [0.4, 0.5) is 0 Å². The monoisotopic (exact) mass is 296 g/mol. The van der Waals surface area contributed by atoms with Crippen molar-refractivity contribution in [1.82, 2.24) is 0 Å². The van der Waals surface area contributed by atoms with Gasteiger partial charge in [0.25, 0.3) is 0 Å². The average Bonchev–Trinajstić information content (AvgIpc) is 2.47. The highest BCUT2D eigenvalue weighted by Crippen LogP contribution is 2.26. The smallest absolute Gasteiger partial charge is 0.163 e. The van der Waals surface area contributed by atoms with E-state index in [0.29, 0.717) is 23.8 Å². The molecule has 2 rings (SSSR count). The van der Waals surface area contributed by atoms with Gasteiger partial charge in [-0.2, -0.15) is 0 Å². The van der Waals surface area contributed by atoms with Crippen molar-refractivity contribution in [3.8, 4) is 5.75 Å². The van der Waals surface area contributed by atoms with E-state index < -0.39 is 0 Å². The van der Waals surface area contributed by atoms with Crippen LogP contribution < -0.4 is 4.74 Å². The van der Waals surface area contributed by atoms with E-state index in [-0.39, 0.29) is 5.78 Å². The topological polar surface area (TPSA) is 26.3 Å². The van der Waals surface area contributed by atoms with Crippen molar-refractivity contribution in [3.05, 3.63) is 64.7 Å². The number of benzene rings is 2. The van der Waals surface area contributed by atoms with Gasteiger partial charge in [0.15, 0.2) is 5.78 Å². The molecule has 0 spiro atoms. The van der Waals surface area contributed by atoms with Crippen LogP contribution in [0.5, 0.6) is 5.75 Å². The zero-order valence-corrected chi connectivity index (χ0v) is 13.8. The largest absolute Gasteiger partial charge is 0.488 e. The van der Waals surface area contributed by atoms with Gasteiger partial charge in [-0.1, -0.05) is 44.2 Å². The van der Waals surface area contributed by atoms with Crippen LogP contribution in [0.1, 0.15) is 47.8 Å². The Morgan fingerprint density at radius 3 is 2.41 bits per heavy atom. The maximum Gasteiger partial charge on any atom is 0.163 e. The predicted octanol–water partition coefficient (Wildman–Crippen LogP) is 4.98. The molecule has 0 aliphatic rings. The number of hydrogen-bond donors (Lipinski definition) is 0. The molecule has 0 bridgehead atoms.